The number of nitrogens with two attached hydrogens (primary N) is 1. The molecule has 0 amide bonds. The zero-order chi connectivity index (χ0) is 19.7. The molecule has 4 nitrogen and oxygen atoms in total. The number of ether oxygens (including phenoxy) is 2. The molecule has 0 spiro atoms. The maximum atomic E-state index is 5.88. The van der Waals surface area contributed by atoms with Crippen molar-refractivity contribution in [2.45, 2.75) is 40.3 Å². The van der Waals surface area contributed by atoms with E-state index in [2.05, 4.69) is 72.4 Å². The van der Waals surface area contributed by atoms with E-state index in [1.54, 1.807) is 0 Å². The minimum atomic E-state index is 0.258. The first-order valence-corrected chi connectivity index (χ1v) is 10.1. The number of aromatic nitrogens is 1. The molecule has 0 unspecified atom stereocenters. The fourth-order valence-corrected chi connectivity index (χ4v) is 4.21. The summed E-state index contributed by atoms with van der Waals surface area (Å²) in [4.78, 5) is 0. The summed E-state index contributed by atoms with van der Waals surface area (Å²) in [5.41, 5.74) is 7.74. The largest absolute Gasteiger partial charge is 0.490 e. The van der Waals surface area contributed by atoms with Gasteiger partial charge in [-0.15, -0.1) is 0 Å². The van der Waals surface area contributed by atoms with Crippen LogP contribution in [-0.4, -0.2) is 17.8 Å². The van der Waals surface area contributed by atoms with Crippen molar-refractivity contribution in [2.24, 2.45) is 0 Å². The van der Waals surface area contributed by atoms with Gasteiger partial charge in [0.1, 0.15) is 6.54 Å². The summed E-state index contributed by atoms with van der Waals surface area (Å²) in [7, 11) is 0. The number of aryl methyl sites for hydroxylation is 2. The van der Waals surface area contributed by atoms with E-state index >= 15 is 0 Å². The molecule has 146 valence electrons. The van der Waals surface area contributed by atoms with Crippen LogP contribution in [-0.2, 0) is 6.54 Å². The Morgan fingerprint density at radius 2 is 1.75 bits per heavy atom. The van der Waals surface area contributed by atoms with Gasteiger partial charge in [0.25, 0.3) is 0 Å². The Kier molecular flexibility index (Phi) is 5.14. The van der Waals surface area contributed by atoms with Gasteiger partial charge in [0, 0.05) is 23.4 Å². The first-order valence-electron chi connectivity index (χ1n) is 10.1. The van der Waals surface area contributed by atoms with Crippen LogP contribution in [0.4, 0.5) is 0 Å². The fourth-order valence-electron chi connectivity index (χ4n) is 4.21. The number of hydrogen-bond acceptors (Lipinski definition) is 2. The number of quaternary nitrogens is 1. The van der Waals surface area contributed by atoms with Gasteiger partial charge >= 0.3 is 0 Å². The van der Waals surface area contributed by atoms with Crippen molar-refractivity contribution < 1.29 is 14.8 Å². The lowest BCUT2D eigenvalue weighted by Crippen LogP contribution is -2.83. The number of hydrogen-bond donors (Lipinski definition) is 1. The Bertz CT molecular complexity index is 990. The Labute approximate surface area is 167 Å². The van der Waals surface area contributed by atoms with Crippen molar-refractivity contribution >= 4 is 0 Å². The molecule has 0 saturated carbocycles. The van der Waals surface area contributed by atoms with E-state index in [4.69, 9.17) is 9.47 Å². The predicted octanol–water partition coefficient (Wildman–Crippen LogP) is 4.06. The summed E-state index contributed by atoms with van der Waals surface area (Å²) < 4.78 is 14.1. The molecule has 4 heteroatoms. The second-order valence-electron chi connectivity index (χ2n) is 7.37. The van der Waals surface area contributed by atoms with E-state index in [0.717, 1.165) is 18.0 Å². The molecule has 1 aliphatic heterocycles. The van der Waals surface area contributed by atoms with Crippen molar-refractivity contribution in [3.05, 3.63) is 76.6 Å². The first-order chi connectivity index (χ1) is 13.6. The molecule has 1 atom stereocenters. The Morgan fingerprint density at radius 1 is 1.00 bits per heavy atom. The molecule has 0 bridgehead atoms. The molecular weight excluding hydrogens is 348 g/mol. The van der Waals surface area contributed by atoms with Crippen molar-refractivity contribution in [3.8, 4) is 17.2 Å². The van der Waals surface area contributed by atoms with E-state index < -0.39 is 0 Å². The van der Waals surface area contributed by atoms with Gasteiger partial charge in [0.05, 0.1) is 24.6 Å². The second kappa shape index (κ2) is 7.72. The van der Waals surface area contributed by atoms with E-state index in [1.807, 2.05) is 13.8 Å². The van der Waals surface area contributed by atoms with Crippen LogP contribution >= 0.6 is 0 Å². The molecule has 0 saturated heterocycles. The van der Waals surface area contributed by atoms with Crippen LogP contribution in [0, 0.1) is 13.8 Å². The van der Waals surface area contributed by atoms with Gasteiger partial charge in [-0.3, -0.25) is 0 Å². The summed E-state index contributed by atoms with van der Waals surface area (Å²) >= 11 is 0. The monoisotopic (exact) mass is 377 g/mol. The van der Waals surface area contributed by atoms with Gasteiger partial charge in [-0.05, 0) is 51.5 Å². The summed E-state index contributed by atoms with van der Waals surface area (Å²) in [5.74, 6) is 1.64. The van der Waals surface area contributed by atoms with Gasteiger partial charge in [-0.1, -0.05) is 23.8 Å². The molecule has 1 aliphatic rings. The lowest BCUT2D eigenvalue weighted by atomic mass is 9.97. The van der Waals surface area contributed by atoms with Gasteiger partial charge in [-0.25, -0.2) is 0 Å². The fraction of sp³-hybridized carbons (Fsp3) is 0.333. The molecule has 28 heavy (non-hydrogen) atoms. The molecule has 0 fully saturated rings. The molecule has 2 heterocycles. The quantitative estimate of drug-likeness (QED) is 0.728. The van der Waals surface area contributed by atoms with Crippen LogP contribution in [0.5, 0.6) is 11.5 Å². The van der Waals surface area contributed by atoms with Crippen LogP contribution in [0.15, 0.2) is 48.7 Å². The molecule has 2 N–H and O–H groups in total. The molecule has 0 radical (unpaired) electrons. The summed E-state index contributed by atoms with van der Waals surface area (Å²) in [6, 6.07) is 15.7. The number of fused-ring (bicyclic) bond motifs is 3. The van der Waals surface area contributed by atoms with Crippen molar-refractivity contribution in [3.63, 3.8) is 0 Å². The third-order valence-electron chi connectivity index (χ3n) is 5.44. The highest BCUT2D eigenvalue weighted by Gasteiger charge is 2.28. The van der Waals surface area contributed by atoms with Crippen LogP contribution in [0.1, 0.15) is 47.8 Å². The zero-order valence-electron chi connectivity index (χ0n) is 17.2. The van der Waals surface area contributed by atoms with Gasteiger partial charge in [-0.2, -0.15) is 0 Å². The summed E-state index contributed by atoms with van der Waals surface area (Å²) in [6.45, 7) is 10.5. The third-order valence-corrected chi connectivity index (χ3v) is 5.44. The van der Waals surface area contributed by atoms with E-state index in [0.29, 0.717) is 13.2 Å². The molecule has 3 aromatic rings. The van der Waals surface area contributed by atoms with Gasteiger partial charge < -0.3 is 19.4 Å². The van der Waals surface area contributed by atoms with E-state index in [-0.39, 0.29) is 6.04 Å². The maximum absolute atomic E-state index is 5.88. The predicted molar refractivity (Wildman–Crippen MR) is 111 cm³/mol. The minimum Gasteiger partial charge on any atom is -0.490 e. The second-order valence-corrected chi connectivity index (χ2v) is 7.37. The highest BCUT2D eigenvalue weighted by molar-refractivity contribution is 5.56. The SMILES string of the molecule is CCOc1cc2c(cc1OCC)-n1cccc1[C@H](c1ccc(C)cc1C)[NH2+]C2. The zero-order valence-corrected chi connectivity index (χ0v) is 17.2. The standard InChI is InChI=1S/C24H28N2O2/c1-5-27-22-13-18-15-25-24(19-10-9-16(3)12-17(19)4)20-8-7-11-26(20)21(18)14-23(22)28-6-2/h7-14,24-25H,5-6,15H2,1-4H3/p+1/t24-/m0/s1. The van der Waals surface area contributed by atoms with Crippen LogP contribution in [0.3, 0.4) is 0 Å². The molecule has 1 aromatic heterocycles. The highest BCUT2D eigenvalue weighted by atomic mass is 16.5. The lowest BCUT2D eigenvalue weighted by molar-refractivity contribution is -0.702. The van der Waals surface area contributed by atoms with Crippen LogP contribution in [0.2, 0.25) is 0 Å². The summed E-state index contributed by atoms with van der Waals surface area (Å²) in [5, 5.41) is 2.42. The number of nitrogens with zero attached hydrogens (tertiary/aromatic N) is 1. The molecule has 2 aromatic carbocycles. The van der Waals surface area contributed by atoms with Gasteiger partial charge in [0.15, 0.2) is 17.5 Å². The van der Waals surface area contributed by atoms with Crippen molar-refractivity contribution in [2.75, 3.05) is 13.2 Å². The molecule has 4 rings (SSSR count). The first kappa shape index (κ1) is 18.6. The number of rotatable bonds is 5. The Morgan fingerprint density at radius 3 is 2.46 bits per heavy atom. The van der Waals surface area contributed by atoms with Crippen LogP contribution in [0.25, 0.3) is 5.69 Å². The third kappa shape index (κ3) is 3.29. The van der Waals surface area contributed by atoms with E-state index in [9.17, 15) is 0 Å². The molecular formula is C24H29N2O2+. The topological polar surface area (TPSA) is 40.0 Å². The lowest BCUT2D eigenvalue weighted by Gasteiger charge is -2.17. The smallest absolute Gasteiger partial charge is 0.163 e. The highest BCUT2D eigenvalue weighted by Crippen LogP contribution is 2.36. The molecule has 0 aliphatic carbocycles. The van der Waals surface area contributed by atoms with Crippen molar-refractivity contribution in [1.29, 1.82) is 0 Å². The minimum absolute atomic E-state index is 0.258. The normalized spacial score (nSPS) is 15.5. The maximum Gasteiger partial charge on any atom is 0.163 e. The van der Waals surface area contributed by atoms with Gasteiger partial charge in [0.2, 0.25) is 0 Å². The van der Waals surface area contributed by atoms with E-state index in [1.165, 1.54) is 33.6 Å². The Hall–Kier alpha value is -2.72. The van der Waals surface area contributed by atoms with Crippen LogP contribution < -0.4 is 14.8 Å². The average Bonchev–Trinajstić information content (AvgIpc) is 3.09. The number of benzene rings is 2. The van der Waals surface area contributed by atoms with Crippen molar-refractivity contribution in [1.82, 2.24) is 4.57 Å². The Balaban J connectivity index is 1.83. The average molecular weight is 378 g/mol. The summed E-state index contributed by atoms with van der Waals surface area (Å²) in [6.07, 6.45) is 2.15.